The predicted molar refractivity (Wildman–Crippen MR) is 88.1 cm³/mol. The molecule has 8 nitrogen and oxygen atoms in total. The van der Waals surface area contributed by atoms with Crippen LogP contribution in [0.4, 0.5) is 13.2 Å². The summed E-state index contributed by atoms with van der Waals surface area (Å²) < 4.78 is 69.4. The van der Waals surface area contributed by atoms with Crippen LogP contribution in [0.15, 0.2) is 10.5 Å². The van der Waals surface area contributed by atoms with Gasteiger partial charge in [-0.3, -0.25) is 0 Å². The third kappa shape index (κ3) is 5.85. The van der Waals surface area contributed by atoms with Crippen molar-refractivity contribution in [3.63, 3.8) is 0 Å². The van der Waals surface area contributed by atoms with Crippen LogP contribution in [0, 0.1) is 6.92 Å². The lowest BCUT2D eigenvalue weighted by Crippen LogP contribution is -2.25. The number of esters is 1. The van der Waals surface area contributed by atoms with Crippen molar-refractivity contribution in [2.75, 3.05) is 18.6 Å². The zero-order valence-corrected chi connectivity index (χ0v) is 16.2. The molecule has 4 atom stereocenters. The second kappa shape index (κ2) is 8.82. The van der Waals surface area contributed by atoms with Gasteiger partial charge >= 0.3 is 11.5 Å². The molecule has 156 valence electrons. The molecule has 2 N–H and O–H groups in total. The highest BCUT2D eigenvalue weighted by Crippen LogP contribution is 2.37. The molecule has 27 heavy (non-hydrogen) atoms. The summed E-state index contributed by atoms with van der Waals surface area (Å²) in [5.41, 5.74) is -5.25. The van der Waals surface area contributed by atoms with E-state index in [1.807, 2.05) is 6.26 Å². The molecule has 1 unspecified atom stereocenters. The Morgan fingerprint density at radius 2 is 1.96 bits per heavy atom. The first-order valence-electron chi connectivity index (χ1n) is 7.47. The van der Waals surface area contributed by atoms with E-state index in [-0.39, 0.29) is 16.1 Å². The van der Waals surface area contributed by atoms with Crippen LogP contribution in [0.25, 0.3) is 0 Å². The van der Waals surface area contributed by atoms with Gasteiger partial charge in [0.1, 0.15) is 29.3 Å². The van der Waals surface area contributed by atoms with Gasteiger partial charge in [-0.1, -0.05) is 0 Å². The summed E-state index contributed by atoms with van der Waals surface area (Å²) in [5, 5.41) is 19.4. The molecular weight excluding hydrogens is 417 g/mol. The number of hydrogen-bond acceptors (Lipinski definition) is 8. The Hall–Kier alpha value is -1.28. The third-order valence-electron chi connectivity index (χ3n) is 3.57. The van der Waals surface area contributed by atoms with Gasteiger partial charge < -0.3 is 23.9 Å². The fourth-order valence-corrected chi connectivity index (χ4v) is 4.45. The quantitative estimate of drug-likeness (QED) is 0.308. The third-order valence-corrected chi connectivity index (χ3v) is 6.38. The number of alkyl halides is 3. The summed E-state index contributed by atoms with van der Waals surface area (Å²) in [6.45, 7) is 3.75. The van der Waals surface area contributed by atoms with Gasteiger partial charge in [-0.2, -0.15) is 13.2 Å². The van der Waals surface area contributed by atoms with E-state index in [1.54, 1.807) is 19.9 Å². The highest BCUT2D eigenvalue weighted by molar-refractivity contribution is 7.96. The summed E-state index contributed by atoms with van der Waals surface area (Å²) in [7, 11) is -6.27. The number of aliphatic hydroxyl groups excluding tert-OH is 2. The average Bonchev–Trinajstić information content (AvgIpc) is 2.98. The summed E-state index contributed by atoms with van der Waals surface area (Å²) in [4.78, 5) is 11.7. The molecule has 2 rings (SSSR count). The number of hydrogen-bond donors (Lipinski definition) is 2. The van der Waals surface area contributed by atoms with Gasteiger partial charge in [-0.05, 0) is 19.9 Å². The molecule has 1 aliphatic rings. The van der Waals surface area contributed by atoms with Gasteiger partial charge in [0.25, 0.3) is 0 Å². The van der Waals surface area contributed by atoms with E-state index >= 15 is 0 Å². The van der Waals surface area contributed by atoms with Crippen molar-refractivity contribution in [2.24, 2.45) is 0 Å². The summed E-state index contributed by atoms with van der Waals surface area (Å²) in [6.07, 6.45) is 0.412. The van der Waals surface area contributed by atoms with Crippen LogP contribution in [0.5, 0.6) is 0 Å². The van der Waals surface area contributed by atoms with Gasteiger partial charge in [0, 0.05) is 10.9 Å². The number of aryl methyl sites for hydroxylation is 1. The maximum absolute atomic E-state index is 11.7. The highest BCUT2D eigenvalue weighted by Gasteiger charge is 2.50. The number of carbonyl (C=O) groups excluding carboxylic acids is 1. The van der Waals surface area contributed by atoms with Crippen LogP contribution in [0.3, 0.4) is 0 Å². The highest BCUT2D eigenvalue weighted by atomic mass is 32.2. The molecule has 0 saturated carbocycles. The van der Waals surface area contributed by atoms with Crippen molar-refractivity contribution in [1.82, 2.24) is 0 Å². The summed E-state index contributed by atoms with van der Waals surface area (Å²) in [6, 6.07) is 1.63. The van der Waals surface area contributed by atoms with Crippen molar-refractivity contribution >= 4 is 27.0 Å². The standard InChI is InChI=1S/C13H19O5S.CHF3O3S/c1-4-17-13(16)8-5-10(18-7(8)2)12-11(15)9(14)6-19(12)3;2-1(3,4)8(5,6)7/h5,9,11-12,14-15H,4,6H2,1-3H3;(H,5,6,7)/q+1;/p-1/t9-,11-,12-,19?;/m1./s1. The second-order valence-corrected chi connectivity index (χ2v) is 9.17. The SMILES string of the molecule is CCOC(=O)c1cc([C@@H]2[C@H](O)[C@H](O)C[S+]2C)oc1C.O=S(=O)([O-])C(F)(F)F. The number of furan rings is 1. The largest absolute Gasteiger partial charge is 0.741 e. The Bertz CT molecular complexity index is 759. The lowest BCUT2D eigenvalue weighted by molar-refractivity contribution is -0.0517. The molecule has 1 saturated heterocycles. The molecular formula is C14H19F3O8S2. The molecule has 1 aromatic rings. The van der Waals surface area contributed by atoms with E-state index in [0.717, 1.165) is 0 Å². The van der Waals surface area contributed by atoms with Crippen LogP contribution in [-0.4, -0.2) is 65.5 Å². The van der Waals surface area contributed by atoms with Crippen LogP contribution < -0.4 is 0 Å². The maximum atomic E-state index is 11.7. The molecule has 2 heterocycles. The Morgan fingerprint density at radius 1 is 1.44 bits per heavy atom. The number of ether oxygens (including phenoxy) is 1. The molecule has 1 aliphatic heterocycles. The van der Waals surface area contributed by atoms with E-state index in [2.05, 4.69) is 0 Å². The first kappa shape index (κ1) is 23.8. The van der Waals surface area contributed by atoms with E-state index in [0.29, 0.717) is 29.4 Å². The number of carbonyl (C=O) groups is 1. The van der Waals surface area contributed by atoms with E-state index in [4.69, 9.17) is 22.1 Å². The lowest BCUT2D eigenvalue weighted by atomic mass is 10.1. The van der Waals surface area contributed by atoms with Gasteiger partial charge in [0.05, 0.1) is 12.9 Å². The molecule has 1 aromatic heterocycles. The topological polar surface area (TPSA) is 137 Å². The first-order valence-corrected chi connectivity index (χ1v) is 10.7. The molecule has 0 radical (unpaired) electrons. The average molecular weight is 436 g/mol. The molecule has 1 fully saturated rings. The van der Waals surface area contributed by atoms with Crippen molar-refractivity contribution in [2.45, 2.75) is 36.8 Å². The minimum atomic E-state index is -6.09. The number of rotatable bonds is 3. The minimum Gasteiger partial charge on any atom is -0.741 e. The maximum Gasteiger partial charge on any atom is 0.485 e. The monoisotopic (exact) mass is 436 g/mol. The van der Waals surface area contributed by atoms with Crippen LogP contribution >= 0.6 is 0 Å². The number of aliphatic hydroxyl groups is 2. The van der Waals surface area contributed by atoms with Crippen LogP contribution in [0.2, 0.25) is 0 Å². The molecule has 0 spiro atoms. The normalized spacial score (nSPS) is 25.7. The van der Waals surface area contributed by atoms with Crippen molar-refractivity contribution in [3.05, 3.63) is 23.2 Å². The molecule has 0 aliphatic carbocycles. The number of halogens is 3. The zero-order chi connectivity index (χ0) is 21.2. The van der Waals surface area contributed by atoms with Gasteiger partial charge in [-0.25, -0.2) is 13.2 Å². The Labute approximate surface area is 156 Å². The molecule has 0 amide bonds. The minimum absolute atomic E-state index is 0.180. The fraction of sp³-hybridized carbons (Fsp3) is 0.643. The Balaban J connectivity index is 0.000000387. The van der Waals surface area contributed by atoms with E-state index in [9.17, 15) is 28.2 Å². The molecule has 0 bridgehead atoms. The van der Waals surface area contributed by atoms with Gasteiger partial charge in [-0.15, -0.1) is 0 Å². The first-order chi connectivity index (χ1) is 12.2. The summed E-state index contributed by atoms with van der Waals surface area (Å²) in [5.74, 6) is 1.17. The van der Waals surface area contributed by atoms with Crippen molar-refractivity contribution in [1.29, 1.82) is 0 Å². The second-order valence-electron chi connectivity index (χ2n) is 5.58. The summed E-state index contributed by atoms with van der Waals surface area (Å²) >= 11 is 0. The van der Waals surface area contributed by atoms with E-state index in [1.165, 1.54) is 0 Å². The molecule has 0 aromatic carbocycles. The van der Waals surface area contributed by atoms with Crippen molar-refractivity contribution < 1.29 is 50.3 Å². The lowest BCUT2D eigenvalue weighted by Gasteiger charge is -2.09. The van der Waals surface area contributed by atoms with Crippen LogP contribution in [-0.2, 0) is 25.7 Å². The Morgan fingerprint density at radius 3 is 2.33 bits per heavy atom. The zero-order valence-electron chi connectivity index (χ0n) is 14.5. The van der Waals surface area contributed by atoms with Gasteiger partial charge in [0.2, 0.25) is 5.25 Å². The Kier molecular flexibility index (Phi) is 7.76. The molecule has 13 heteroatoms. The van der Waals surface area contributed by atoms with Crippen LogP contribution in [0.1, 0.15) is 34.1 Å². The van der Waals surface area contributed by atoms with E-state index < -0.39 is 33.8 Å². The fourth-order valence-electron chi connectivity index (χ4n) is 2.33. The smallest absolute Gasteiger partial charge is 0.485 e. The van der Waals surface area contributed by atoms with Crippen molar-refractivity contribution in [3.8, 4) is 0 Å². The van der Waals surface area contributed by atoms with Gasteiger partial charge in [0.15, 0.2) is 15.9 Å². The predicted octanol–water partition coefficient (Wildman–Crippen LogP) is 0.841.